The quantitative estimate of drug-likeness (QED) is 0.913. The van der Waals surface area contributed by atoms with Gasteiger partial charge < -0.3 is 9.26 Å². The second kappa shape index (κ2) is 6.00. The van der Waals surface area contributed by atoms with Crippen LogP contribution in [0.15, 0.2) is 27.6 Å². The van der Waals surface area contributed by atoms with Crippen molar-refractivity contribution in [2.24, 2.45) is 0 Å². The average Bonchev–Trinajstić information content (AvgIpc) is 2.72. The van der Waals surface area contributed by atoms with E-state index >= 15 is 0 Å². The van der Waals surface area contributed by atoms with E-state index in [0.29, 0.717) is 11.4 Å². The minimum atomic E-state index is -3.73. The Balaban J connectivity index is 2.29. The van der Waals surface area contributed by atoms with Crippen LogP contribution in [0.25, 0.3) is 0 Å². The Morgan fingerprint density at radius 3 is 2.41 bits per heavy atom. The predicted molar refractivity (Wildman–Crippen MR) is 83.7 cm³/mol. The molecular weight excluding hydrogens is 304 g/mol. The first-order valence-electron chi connectivity index (χ1n) is 6.93. The summed E-state index contributed by atoms with van der Waals surface area (Å²) in [6, 6.07) is 5.15. The minimum absolute atomic E-state index is 0.0588. The van der Waals surface area contributed by atoms with Crippen molar-refractivity contribution in [2.75, 3.05) is 4.72 Å². The molecule has 2 aromatic rings. The number of hydrogen-bond donors (Lipinski definition) is 1. The van der Waals surface area contributed by atoms with Crippen LogP contribution in [0.2, 0.25) is 0 Å². The van der Waals surface area contributed by atoms with Crippen molar-refractivity contribution in [3.05, 3.63) is 35.2 Å². The van der Waals surface area contributed by atoms with Gasteiger partial charge in [0.25, 0.3) is 10.0 Å². The van der Waals surface area contributed by atoms with Gasteiger partial charge in [0, 0.05) is 5.69 Å². The van der Waals surface area contributed by atoms with Crippen molar-refractivity contribution in [1.82, 2.24) is 5.16 Å². The zero-order valence-electron chi connectivity index (χ0n) is 13.3. The normalized spacial score (nSPS) is 11.7. The van der Waals surface area contributed by atoms with E-state index < -0.39 is 10.0 Å². The molecule has 22 heavy (non-hydrogen) atoms. The standard InChI is InChI=1S/C15H20N2O4S/c1-9(2)20-14-7-6-13(8-10(14)3)17-22(18,19)15-11(4)16-21-12(15)5/h6-9,17H,1-5H3. The Bertz CT molecular complexity index is 759. The number of benzene rings is 1. The summed E-state index contributed by atoms with van der Waals surface area (Å²) in [5.74, 6) is 0.997. The van der Waals surface area contributed by atoms with E-state index in [4.69, 9.17) is 9.26 Å². The second-order valence-corrected chi connectivity index (χ2v) is 7.02. The fourth-order valence-corrected chi connectivity index (χ4v) is 3.54. The summed E-state index contributed by atoms with van der Waals surface area (Å²) in [5.41, 5.74) is 1.66. The van der Waals surface area contributed by atoms with Gasteiger partial charge >= 0.3 is 0 Å². The van der Waals surface area contributed by atoms with Gasteiger partial charge in [0.15, 0.2) is 10.7 Å². The molecule has 0 unspecified atom stereocenters. The number of rotatable bonds is 5. The smallest absolute Gasteiger partial charge is 0.267 e. The maximum Gasteiger partial charge on any atom is 0.267 e. The third-order valence-electron chi connectivity index (χ3n) is 3.03. The van der Waals surface area contributed by atoms with Crippen molar-refractivity contribution >= 4 is 15.7 Å². The van der Waals surface area contributed by atoms with E-state index in [-0.39, 0.29) is 16.8 Å². The van der Waals surface area contributed by atoms with Gasteiger partial charge in [0.05, 0.1) is 6.10 Å². The van der Waals surface area contributed by atoms with Crippen molar-refractivity contribution in [3.8, 4) is 5.75 Å². The van der Waals surface area contributed by atoms with Gasteiger partial charge in [-0.1, -0.05) is 5.16 Å². The minimum Gasteiger partial charge on any atom is -0.491 e. The zero-order valence-corrected chi connectivity index (χ0v) is 14.1. The highest BCUT2D eigenvalue weighted by Gasteiger charge is 2.24. The van der Waals surface area contributed by atoms with Crippen molar-refractivity contribution in [1.29, 1.82) is 0 Å². The summed E-state index contributed by atoms with van der Waals surface area (Å²) in [7, 11) is -3.73. The van der Waals surface area contributed by atoms with Crippen LogP contribution in [0.4, 0.5) is 5.69 Å². The Kier molecular flexibility index (Phi) is 4.46. The van der Waals surface area contributed by atoms with E-state index in [1.807, 2.05) is 20.8 Å². The fraction of sp³-hybridized carbons (Fsp3) is 0.400. The summed E-state index contributed by atoms with van der Waals surface area (Å²) in [6.07, 6.45) is 0.0588. The molecule has 1 aromatic carbocycles. The van der Waals surface area contributed by atoms with Crippen molar-refractivity contribution < 1.29 is 17.7 Å². The SMILES string of the molecule is Cc1cc(NS(=O)(=O)c2c(C)noc2C)ccc1OC(C)C. The van der Waals surface area contributed by atoms with Gasteiger partial charge in [-0.25, -0.2) is 8.42 Å². The molecule has 2 rings (SSSR count). The van der Waals surface area contributed by atoms with Crippen LogP contribution in [0.3, 0.4) is 0 Å². The molecule has 0 saturated carbocycles. The van der Waals surface area contributed by atoms with Gasteiger partial charge in [0.2, 0.25) is 0 Å². The molecule has 7 heteroatoms. The Morgan fingerprint density at radius 2 is 1.91 bits per heavy atom. The molecule has 1 heterocycles. The average molecular weight is 324 g/mol. The molecule has 0 bridgehead atoms. The molecule has 0 aliphatic heterocycles. The van der Waals surface area contributed by atoms with Crippen LogP contribution in [-0.2, 0) is 10.0 Å². The van der Waals surface area contributed by atoms with Gasteiger partial charge in [-0.05, 0) is 58.4 Å². The molecule has 1 aromatic heterocycles. The molecule has 0 aliphatic carbocycles. The van der Waals surface area contributed by atoms with Crippen LogP contribution in [-0.4, -0.2) is 19.7 Å². The van der Waals surface area contributed by atoms with E-state index in [2.05, 4.69) is 9.88 Å². The molecule has 120 valence electrons. The van der Waals surface area contributed by atoms with Crippen LogP contribution in [0, 0.1) is 20.8 Å². The molecule has 1 N–H and O–H groups in total. The summed E-state index contributed by atoms with van der Waals surface area (Å²) in [4.78, 5) is 0.0765. The molecular formula is C15H20N2O4S. The van der Waals surface area contributed by atoms with E-state index in [1.54, 1.807) is 32.0 Å². The third kappa shape index (κ3) is 3.41. The predicted octanol–water partition coefficient (Wildman–Crippen LogP) is 3.19. The van der Waals surface area contributed by atoms with Crippen LogP contribution in [0.5, 0.6) is 5.75 Å². The summed E-state index contributed by atoms with van der Waals surface area (Å²) in [5, 5.41) is 3.67. The second-order valence-electron chi connectivity index (χ2n) is 5.41. The Hall–Kier alpha value is -2.02. The first-order valence-corrected chi connectivity index (χ1v) is 8.42. The van der Waals surface area contributed by atoms with Crippen LogP contribution in [0.1, 0.15) is 30.9 Å². The van der Waals surface area contributed by atoms with Crippen LogP contribution < -0.4 is 9.46 Å². The van der Waals surface area contributed by atoms with Crippen molar-refractivity contribution in [2.45, 2.75) is 45.6 Å². The van der Waals surface area contributed by atoms with E-state index in [1.165, 1.54) is 0 Å². The lowest BCUT2D eigenvalue weighted by atomic mass is 10.2. The topological polar surface area (TPSA) is 81.4 Å². The molecule has 0 fully saturated rings. The molecule has 0 spiro atoms. The number of ether oxygens (including phenoxy) is 1. The maximum absolute atomic E-state index is 12.4. The molecule has 0 radical (unpaired) electrons. The highest BCUT2D eigenvalue weighted by atomic mass is 32.2. The number of hydrogen-bond acceptors (Lipinski definition) is 5. The first-order chi connectivity index (χ1) is 10.2. The maximum atomic E-state index is 12.4. The van der Waals surface area contributed by atoms with Crippen LogP contribution >= 0.6 is 0 Å². The van der Waals surface area contributed by atoms with Crippen molar-refractivity contribution in [3.63, 3.8) is 0 Å². The number of anilines is 1. The fourth-order valence-electron chi connectivity index (χ4n) is 2.16. The number of sulfonamides is 1. The lowest BCUT2D eigenvalue weighted by molar-refractivity contribution is 0.241. The summed E-state index contributed by atoms with van der Waals surface area (Å²) >= 11 is 0. The van der Waals surface area contributed by atoms with Gasteiger partial charge in [-0.15, -0.1) is 0 Å². The van der Waals surface area contributed by atoms with Gasteiger partial charge in [-0.3, -0.25) is 4.72 Å². The first kappa shape index (κ1) is 16.4. The summed E-state index contributed by atoms with van der Waals surface area (Å²) < 4.78 is 38.0. The lowest BCUT2D eigenvalue weighted by Gasteiger charge is -2.14. The summed E-state index contributed by atoms with van der Waals surface area (Å²) in [6.45, 7) is 8.90. The molecule has 0 atom stereocenters. The number of aryl methyl sites for hydroxylation is 3. The van der Waals surface area contributed by atoms with Gasteiger partial charge in [0.1, 0.15) is 11.4 Å². The monoisotopic (exact) mass is 324 g/mol. The van der Waals surface area contributed by atoms with E-state index in [9.17, 15) is 8.42 Å². The number of aromatic nitrogens is 1. The Labute approximate surface area is 130 Å². The van der Waals surface area contributed by atoms with Gasteiger partial charge in [-0.2, -0.15) is 0 Å². The number of nitrogens with one attached hydrogen (secondary N) is 1. The molecule has 0 aliphatic rings. The zero-order chi connectivity index (χ0) is 16.5. The highest BCUT2D eigenvalue weighted by molar-refractivity contribution is 7.92. The molecule has 0 saturated heterocycles. The highest BCUT2D eigenvalue weighted by Crippen LogP contribution is 2.26. The molecule has 6 nitrogen and oxygen atoms in total. The largest absolute Gasteiger partial charge is 0.491 e. The Morgan fingerprint density at radius 1 is 1.23 bits per heavy atom. The number of nitrogens with zero attached hydrogens (tertiary/aromatic N) is 1. The lowest BCUT2D eigenvalue weighted by Crippen LogP contribution is -2.15. The van der Waals surface area contributed by atoms with E-state index in [0.717, 1.165) is 11.3 Å². The third-order valence-corrected chi connectivity index (χ3v) is 4.65. The molecule has 0 amide bonds.